The molecule has 0 amide bonds. The maximum absolute atomic E-state index is 12.1. The van der Waals surface area contributed by atoms with Crippen molar-refractivity contribution in [3.63, 3.8) is 0 Å². The zero-order chi connectivity index (χ0) is 13.0. The van der Waals surface area contributed by atoms with Crippen LogP contribution in [0.15, 0.2) is 54.6 Å². The summed E-state index contributed by atoms with van der Waals surface area (Å²) in [6.45, 7) is 0. The maximum atomic E-state index is 12.1. The fraction of sp³-hybridized carbons (Fsp3) is 0.0769. The lowest BCUT2D eigenvalue weighted by molar-refractivity contribution is 0.388. The van der Waals surface area contributed by atoms with Crippen molar-refractivity contribution >= 4 is 12.9 Å². The normalized spacial score (nSPS) is 13.7. The predicted octanol–water partition coefficient (Wildman–Crippen LogP) is 2.58. The van der Waals surface area contributed by atoms with Gasteiger partial charge in [-0.05, 0) is 24.3 Å². The van der Waals surface area contributed by atoms with Gasteiger partial charge in [0, 0.05) is 6.07 Å². The van der Waals surface area contributed by atoms with Crippen molar-refractivity contribution in [2.24, 2.45) is 0 Å². The molecule has 0 fully saturated rings. The van der Waals surface area contributed by atoms with Crippen molar-refractivity contribution in [2.45, 2.75) is 0 Å². The zero-order valence-corrected chi connectivity index (χ0v) is 10.7. The third kappa shape index (κ3) is 2.92. The van der Waals surface area contributed by atoms with Crippen LogP contribution in [0.1, 0.15) is 0 Å². The van der Waals surface area contributed by atoms with Crippen molar-refractivity contribution in [3.05, 3.63) is 54.6 Å². The molecule has 2 aromatic carbocycles. The highest BCUT2D eigenvalue weighted by Crippen LogP contribution is 2.41. The first-order chi connectivity index (χ1) is 8.62. The van der Waals surface area contributed by atoms with Gasteiger partial charge in [-0.3, -0.25) is 0 Å². The summed E-state index contributed by atoms with van der Waals surface area (Å²) in [5.41, 5.74) is 0. The SMILES string of the molecule is COc1cccc(OP(=O)(O)c2ccccc2)c1. The second kappa shape index (κ2) is 5.25. The number of benzene rings is 2. The molecular formula is C13H13O4P. The summed E-state index contributed by atoms with van der Waals surface area (Å²) in [6, 6.07) is 14.9. The van der Waals surface area contributed by atoms with Crippen LogP contribution in [0.25, 0.3) is 0 Å². The Labute approximate surface area is 105 Å². The summed E-state index contributed by atoms with van der Waals surface area (Å²) in [7, 11) is -2.33. The Hall–Kier alpha value is -1.77. The highest BCUT2D eigenvalue weighted by Gasteiger charge is 2.23. The van der Waals surface area contributed by atoms with Crippen LogP contribution in [0.3, 0.4) is 0 Å². The first-order valence-corrected chi connectivity index (χ1v) is 6.91. The van der Waals surface area contributed by atoms with Crippen LogP contribution in [0, 0.1) is 0 Å². The molecule has 2 aromatic rings. The summed E-state index contributed by atoms with van der Waals surface area (Å²) < 4.78 is 22.3. The largest absolute Gasteiger partial charge is 0.497 e. The van der Waals surface area contributed by atoms with E-state index in [1.165, 1.54) is 7.11 Å². The minimum Gasteiger partial charge on any atom is -0.497 e. The molecule has 0 spiro atoms. The Morgan fingerprint density at radius 3 is 2.33 bits per heavy atom. The van der Waals surface area contributed by atoms with Crippen LogP contribution >= 0.6 is 7.60 Å². The van der Waals surface area contributed by atoms with E-state index >= 15 is 0 Å². The Morgan fingerprint density at radius 2 is 1.67 bits per heavy atom. The molecule has 0 aromatic heterocycles. The second-order valence-corrected chi connectivity index (χ2v) is 5.37. The average Bonchev–Trinajstić information content (AvgIpc) is 2.39. The fourth-order valence-corrected chi connectivity index (χ4v) is 2.52. The molecule has 5 heteroatoms. The van der Waals surface area contributed by atoms with Gasteiger partial charge in [0.15, 0.2) is 0 Å². The number of methoxy groups -OCH3 is 1. The van der Waals surface area contributed by atoms with E-state index in [2.05, 4.69) is 0 Å². The quantitative estimate of drug-likeness (QED) is 0.862. The minimum absolute atomic E-state index is 0.257. The van der Waals surface area contributed by atoms with Gasteiger partial charge in [-0.25, -0.2) is 4.57 Å². The van der Waals surface area contributed by atoms with Crippen molar-refractivity contribution in [1.82, 2.24) is 0 Å². The molecule has 1 atom stereocenters. The van der Waals surface area contributed by atoms with Crippen molar-refractivity contribution in [1.29, 1.82) is 0 Å². The van der Waals surface area contributed by atoms with Gasteiger partial charge in [0.25, 0.3) is 0 Å². The summed E-state index contributed by atoms with van der Waals surface area (Å²) in [6.07, 6.45) is 0. The summed E-state index contributed by atoms with van der Waals surface area (Å²) >= 11 is 0. The van der Waals surface area contributed by atoms with E-state index in [4.69, 9.17) is 9.26 Å². The lowest BCUT2D eigenvalue weighted by atomic mass is 10.3. The predicted molar refractivity (Wildman–Crippen MR) is 69.5 cm³/mol. The number of ether oxygens (including phenoxy) is 1. The fourth-order valence-electron chi connectivity index (χ4n) is 1.47. The molecule has 0 aliphatic rings. The van der Waals surface area contributed by atoms with Gasteiger partial charge in [0.1, 0.15) is 11.5 Å². The van der Waals surface area contributed by atoms with Crippen LogP contribution < -0.4 is 14.6 Å². The van der Waals surface area contributed by atoms with Gasteiger partial charge < -0.3 is 14.2 Å². The van der Waals surface area contributed by atoms with E-state index in [-0.39, 0.29) is 5.30 Å². The maximum Gasteiger partial charge on any atom is 0.408 e. The lowest BCUT2D eigenvalue weighted by Gasteiger charge is -2.13. The van der Waals surface area contributed by atoms with Gasteiger partial charge in [-0.2, -0.15) is 0 Å². The molecule has 18 heavy (non-hydrogen) atoms. The molecule has 1 N–H and O–H groups in total. The molecule has 0 heterocycles. The molecule has 0 aliphatic heterocycles. The smallest absolute Gasteiger partial charge is 0.408 e. The first kappa shape index (κ1) is 12.7. The summed E-state index contributed by atoms with van der Waals surface area (Å²) in [4.78, 5) is 9.90. The molecule has 0 bridgehead atoms. The van der Waals surface area contributed by atoms with Crippen LogP contribution in [0.5, 0.6) is 11.5 Å². The number of hydrogen-bond donors (Lipinski definition) is 1. The number of rotatable bonds is 4. The van der Waals surface area contributed by atoms with E-state index in [1.54, 1.807) is 54.6 Å². The topological polar surface area (TPSA) is 55.8 Å². The molecule has 94 valence electrons. The molecular weight excluding hydrogens is 251 g/mol. The molecule has 1 unspecified atom stereocenters. The Bertz CT molecular complexity index is 568. The van der Waals surface area contributed by atoms with Gasteiger partial charge in [0.05, 0.1) is 12.4 Å². The van der Waals surface area contributed by atoms with E-state index in [9.17, 15) is 9.46 Å². The van der Waals surface area contributed by atoms with Gasteiger partial charge >= 0.3 is 7.60 Å². The monoisotopic (exact) mass is 264 g/mol. The highest BCUT2D eigenvalue weighted by atomic mass is 31.2. The second-order valence-electron chi connectivity index (χ2n) is 3.63. The highest BCUT2D eigenvalue weighted by molar-refractivity contribution is 7.61. The third-order valence-corrected chi connectivity index (χ3v) is 3.76. The van der Waals surface area contributed by atoms with E-state index in [1.807, 2.05) is 0 Å². The lowest BCUT2D eigenvalue weighted by Crippen LogP contribution is -2.08. The van der Waals surface area contributed by atoms with E-state index in [0.717, 1.165) is 0 Å². The molecule has 4 nitrogen and oxygen atoms in total. The van der Waals surface area contributed by atoms with E-state index < -0.39 is 7.60 Å². The zero-order valence-electron chi connectivity index (χ0n) is 9.82. The van der Waals surface area contributed by atoms with E-state index in [0.29, 0.717) is 11.5 Å². The number of hydrogen-bond acceptors (Lipinski definition) is 3. The summed E-state index contributed by atoms with van der Waals surface area (Å²) in [5.74, 6) is 0.865. The summed E-state index contributed by atoms with van der Waals surface area (Å²) in [5, 5.41) is 0.257. The standard InChI is InChI=1S/C13H13O4P/c1-16-11-6-5-7-12(10-11)17-18(14,15)13-8-3-2-4-9-13/h2-10H,1H3,(H,14,15). The van der Waals surface area contributed by atoms with Gasteiger partial charge in [0.2, 0.25) is 0 Å². The van der Waals surface area contributed by atoms with Gasteiger partial charge in [-0.15, -0.1) is 0 Å². The molecule has 0 saturated carbocycles. The Balaban J connectivity index is 2.25. The minimum atomic E-state index is -3.85. The van der Waals surface area contributed by atoms with Crippen LogP contribution in [-0.4, -0.2) is 12.0 Å². The van der Waals surface area contributed by atoms with Crippen LogP contribution in [0.4, 0.5) is 0 Å². The molecule has 2 rings (SSSR count). The van der Waals surface area contributed by atoms with Crippen molar-refractivity contribution < 1.29 is 18.7 Å². The molecule has 0 saturated heterocycles. The van der Waals surface area contributed by atoms with Crippen molar-refractivity contribution in [3.8, 4) is 11.5 Å². The van der Waals surface area contributed by atoms with Gasteiger partial charge in [-0.1, -0.05) is 24.3 Å². The van der Waals surface area contributed by atoms with Crippen molar-refractivity contribution in [2.75, 3.05) is 7.11 Å². The third-order valence-electron chi connectivity index (χ3n) is 2.35. The Kier molecular flexibility index (Phi) is 3.70. The molecule has 0 aliphatic carbocycles. The van der Waals surface area contributed by atoms with Crippen LogP contribution in [0.2, 0.25) is 0 Å². The molecule has 0 radical (unpaired) electrons. The first-order valence-electron chi connectivity index (χ1n) is 5.34. The van der Waals surface area contributed by atoms with Crippen LogP contribution in [-0.2, 0) is 4.57 Å². The Morgan fingerprint density at radius 1 is 1.00 bits per heavy atom. The average molecular weight is 264 g/mol.